The van der Waals surface area contributed by atoms with E-state index in [1.165, 1.54) is 12.4 Å². The molecule has 3 aromatic rings. The molecule has 1 fully saturated rings. The number of imidazole rings is 1. The number of carbonyl (C=O) groups excluding carboxylic acids is 1. The summed E-state index contributed by atoms with van der Waals surface area (Å²) in [5, 5.41) is 2.68. The highest BCUT2D eigenvalue weighted by Crippen LogP contribution is 2.28. The van der Waals surface area contributed by atoms with E-state index < -0.39 is 42.7 Å². The number of halogens is 4. The minimum absolute atomic E-state index is 0.00839. The summed E-state index contributed by atoms with van der Waals surface area (Å²) < 4.78 is 66.5. The molecule has 1 aromatic carbocycles. The molecule has 4 rings (SSSR count). The first kappa shape index (κ1) is 22.1. The Hall–Kier alpha value is -3.12. The van der Waals surface area contributed by atoms with Gasteiger partial charge in [0.15, 0.2) is 11.6 Å². The van der Waals surface area contributed by atoms with Crippen molar-refractivity contribution in [3.63, 3.8) is 0 Å². The predicted molar refractivity (Wildman–Crippen MR) is 103 cm³/mol. The topological polar surface area (TPSA) is 91.2 Å². The Bertz CT molecular complexity index is 1120. The van der Waals surface area contributed by atoms with Crippen LogP contribution in [0.25, 0.3) is 11.0 Å². The molecule has 3 heterocycles. The zero-order valence-corrected chi connectivity index (χ0v) is 16.9. The molecule has 1 aliphatic rings. The van der Waals surface area contributed by atoms with E-state index in [0.29, 0.717) is 12.3 Å². The van der Waals surface area contributed by atoms with Crippen molar-refractivity contribution in [1.82, 2.24) is 24.8 Å². The van der Waals surface area contributed by atoms with E-state index in [-0.39, 0.29) is 35.8 Å². The number of carbonyl (C=O) groups is 1. The number of nitrogens with one attached hydrogen (secondary N) is 1. The van der Waals surface area contributed by atoms with Gasteiger partial charge in [0, 0.05) is 18.3 Å². The maximum atomic E-state index is 13.9. The number of fused-ring (bicyclic) bond motifs is 1. The number of aryl methyl sites for hydroxylation is 1. The second-order valence-electron chi connectivity index (χ2n) is 7.21. The lowest BCUT2D eigenvalue weighted by Gasteiger charge is -2.31. The third-order valence-electron chi connectivity index (χ3n) is 4.93. The fourth-order valence-corrected chi connectivity index (χ4v) is 3.45. The maximum Gasteiger partial charge on any atom is 0.272 e. The van der Waals surface area contributed by atoms with Crippen LogP contribution in [0.3, 0.4) is 0 Å². The van der Waals surface area contributed by atoms with Crippen molar-refractivity contribution in [1.29, 1.82) is 0 Å². The number of amides is 1. The molecule has 0 aliphatic carbocycles. The van der Waals surface area contributed by atoms with Gasteiger partial charge in [0.2, 0.25) is 0 Å². The smallest absolute Gasteiger partial charge is 0.272 e. The molecule has 32 heavy (non-hydrogen) atoms. The van der Waals surface area contributed by atoms with Gasteiger partial charge in [0.25, 0.3) is 12.3 Å². The number of nitrogens with zero attached hydrogens (tertiary/aromatic N) is 4. The summed E-state index contributed by atoms with van der Waals surface area (Å²) in [6.45, 7) is 1.44. The summed E-state index contributed by atoms with van der Waals surface area (Å²) in [7, 11) is 0. The zero-order chi connectivity index (χ0) is 22.8. The molecule has 1 amide bonds. The molecule has 0 unspecified atom stereocenters. The molecule has 1 saturated heterocycles. The van der Waals surface area contributed by atoms with Crippen LogP contribution >= 0.6 is 0 Å². The summed E-state index contributed by atoms with van der Waals surface area (Å²) in [6.07, 6.45) is -0.926. The Kier molecular flexibility index (Phi) is 6.33. The molecule has 2 atom stereocenters. The fraction of sp³-hybridized carbons (Fsp3) is 0.400. The van der Waals surface area contributed by atoms with Gasteiger partial charge in [-0.3, -0.25) is 9.78 Å². The SMILES string of the molecule is Cc1cnc(C(=O)N[C@H](c2nc3cc(F)c(F)cc3n2CC(F)F)[C@@H]2COCCO2)cn1. The van der Waals surface area contributed by atoms with Crippen LogP contribution < -0.4 is 5.32 Å². The minimum atomic E-state index is -2.82. The first-order valence-electron chi connectivity index (χ1n) is 9.75. The molecule has 1 aliphatic heterocycles. The van der Waals surface area contributed by atoms with Crippen LogP contribution in [0.2, 0.25) is 0 Å². The van der Waals surface area contributed by atoms with Crippen molar-refractivity contribution in [2.45, 2.75) is 32.0 Å². The van der Waals surface area contributed by atoms with E-state index in [2.05, 4.69) is 20.3 Å². The van der Waals surface area contributed by atoms with Gasteiger partial charge in [-0.1, -0.05) is 0 Å². The largest absolute Gasteiger partial charge is 0.376 e. The summed E-state index contributed by atoms with van der Waals surface area (Å²) in [5.74, 6) is -3.07. The van der Waals surface area contributed by atoms with Gasteiger partial charge in [0.05, 0.1) is 49.3 Å². The Balaban J connectivity index is 1.79. The van der Waals surface area contributed by atoms with Crippen molar-refractivity contribution >= 4 is 16.9 Å². The van der Waals surface area contributed by atoms with Crippen molar-refractivity contribution < 1.29 is 31.8 Å². The molecule has 2 aromatic heterocycles. The lowest BCUT2D eigenvalue weighted by atomic mass is 10.1. The van der Waals surface area contributed by atoms with E-state index in [4.69, 9.17) is 9.47 Å². The lowest BCUT2D eigenvalue weighted by molar-refractivity contribution is -0.102. The number of aromatic nitrogens is 4. The van der Waals surface area contributed by atoms with E-state index in [1.54, 1.807) is 6.92 Å². The van der Waals surface area contributed by atoms with Gasteiger partial charge in [-0.15, -0.1) is 0 Å². The molecule has 12 heteroatoms. The third-order valence-corrected chi connectivity index (χ3v) is 4.93. The van der Waals surface area contributed by atoms with Gasteiger partial charge >= 0.3 is 0 Å². The van der Waals surface area contributed by atoms with Crippen LogP contribution in [0.4, 0.5) is 17.6 Å². The molecule has 0 spiro atoms. The highest BCUT2D eigenvalue weighted by Gasteiger charge is 2.34. The standard InChI is InChI=1S/C20H19F4N5O3/c1-10-6-26-14(7-25-10)20(30)28-18(16-9-31-2-3-32-16)19-27-13-4-11(21)12(22)5-15(13)29(19)8-17(23)24/h4-7,16-18H,2-3,8-9H2,1H3,(H,28,30)/t16-,18-/m0/s1. The van der Waals surface area contributed by atoms with Crippen molar-refractivity contribution in [3.05, 3.63) is 53.4 Å². The number of rotatable bonds is 6. The van der Waals surface area contributed by atoms with Crippen LogP contribution in [-0.4, -0.2) is 57.8 Å². The van der Waals surface area contributed by atoms with E-state index in [9.17, 15) is 22.4 Å². The number of alkyl halides is 2. The van der Waals surface area contributed by atoms with Crippen LogP contribution in [0.15, 0.2) is 24.5 Å². The van der Waals surface area contributed by atoms with Crippen molar-refractivity contribution in [2.24, 2.45) is 0 Å². The number of ether oxygens (including phenoxy) is 2. The summed E-state index contributed by atoms with van der Waals surface area (Å²) in [4.78, 5) is 25.1. The van der Waals surface area contributed by atoms with Crippen LogP contribution in [-0.2, 0) is 16.0 Å². The molecule has 8 nitrogen and oxygen atoms in total. The van der Waals surface area contributed by atoms with Gasteiger partial charge < -0.3 is 19.4 Å². The Labute approximate surface area is 179 Å². The number of hydrogen-bond acceptors (Lipinski definition) is 6. The molecule has 0 radical (unpaired) electrons. The summed E-state index contributed by atoms with van der Waals surface area (Å²) in [5.41, 5.74) is 0.520. The first-order valence-corrected chi connectivity index (χ1v) is 9.75. The second-order valence-corrected chi connectivity index (χ2v) is 7.21. The molecule has 1 N–H and O–H groups in total. The van der Waals surface area contributed by atoms with E-state index in [0.717, 1.165) is 16.7 Å². The van der Waals surface area contributed by atoms with Crippen molar-refractivity contribution in [2.75, 3.05) is 19.8 Å². The highest BCUT2D eigenvalue weighted by molar-refractivity contribution is 5.92. The zero-order valence-electron chi connectivity index (χ0n) is 16.9. The van der Waals surface area contributed by atoms with Gasteiger partial charge in [-0.25, -0.2) is 27.5 Å². The third kappa shape index (κ3) is 4.55. The quantitative estimate of drug-likeness (QED) is 0.577. The Morgan fingerprint density at radius 1 is 1.22 bits per heavy atom. The summed E-state index contributed by atoms with van der Waals surface area (Å²) in [6, 6.07) is 0.549. The van der Waals surface area contributed by atoms with Crippen molar-refractivity contribution in [3.8, 4) is 0 Å². The molecule has 0 bridgehead atoms. The van der Waals surface area contributed by atoms with E-state index >= 15 is 0 Å². The van der Waals surface area contributed by atoms with Gasteiger partial charge in [0.1, 0.15) is 23.7 Å². The fourth-order valence-electron chi connectivity index (χ4n) is 3.45. The average Bonchev–Trinajstić information content (AvgIpc) is 3.09. The molecular formula is C20H19F4N5O3. The molecule has 0 saturated carbocycles. The summed E-state index contributed by atoms with van der Waals surface area (Å²) >= 11 is 0. The predicted octanol–water partition coefficient (Wildman–Crippen LogP) is 2.56. The Morgan fingerprint density at radius 3 is 2.66 bits per heavy atom. The number of hydrogen-bond donors (Lipinski definition) is 1. The van der Waals surface area contributed by atoms with Gasteiger partial charge in [-0.2, -0.15) is 0 Å². The average molecular weight is 453 g/mol. The first-order chi connectivity index (χ1) is 15.3. The minimum Gasteiger partial charge on any atom is -0.376 e. The monoisotopic (exact) mass is 453 g/mol. The van der Waals surface area contributed by atoms with E-state index in [1.807, 2.05) is 0 Å². The lowest BCUT2D eigenvalue weighted by Crippen LogP contribution is -2.44. The van der Waals surface area contributed by atoms with Crippen LogP contribution in [0.5, 0.6) is 0 Å². The maximum absolute atomic E-state index is 13.9. The normalized spacial score (nSPS) is 17.6. The molecular weight excluding hydrogens is 434 g/mol. The molecule has 170 valence electrons. The van der Waals surface area contributed by atoms with Gasteiger partial charge in [-0.05, 0) is 6.92 Å². The number of benzene rings is 1. The highest BCUT2D eigenvalue weighted by atomic mass is 19.3. The van der Waals surface area contributed by atoms with Crippen LogP contribution in [0, 0.1) is 18.6 Å². The second kappa shape index (κ2) is 9.17. The van der Waals surface area contributed by atoms with Crippen LogP contribution in [0.1, 0.15) is 28.0 Å². The Morgan fingerprint density at radius 2 is 2.00 bits per heavy atom.